The molecule has 0 aliphatic rings. The standard InChI is InChI=1S/C11H13F2NO3/c1-14(6-10(12)13)11(16)8-4-3-7(17-2)5-9(8)15/h3-5,10,15H,6H2,1-2H3. The van der Waals surface area contributed by atoms with Crippen LogP contribution in [0.2, 0.25) is 0 Å². The third-order valence-corrected chi connectivity index (χ3v) is 2.19. The van der Waals surface area contributed by atoms with Gasteiger partial charge in [0.15, 0.2) is 0 Å². The van der Waals surface area contributed by atoms with Crippen LogP contribution in [0.5, 0.6) is 11.5 Å². The van der Waals surface area contributed by atoms with Gasteiger partial charge >= 0.3 is 0 Å². The number of rotatable bonds is 4. The number of alkyl halides is 2. The lowest BCUT2D eigenvalue weighted by molar-refractivity contribution is 0.0617. The Balaban J connectivity index is 2.89. The number of ether oxygens (including phenoxy) is 1. The number of nitrogens with zero attached hydrogens (tertiary/aromatic N) is 1. The summed E-state index contributed by atoms with van der Waals surface area (Å²) in [4.78, 5) is 12.5. The largest absolute Gasteiger partial charge is 0.507 e. The van der Waals surface area contributed by atoms with E-state index in [0.717, 1.165) is 4.90 Å². The zero-order valence-corrected chi connectivity index (χ0v) is 9.48. The van der Waals surface area contributed by atoms with Crippen LogP contribution in [0, 0.1) is 0 Å². The smallest absolute Gasteiger partial charge is 0.257 e. The van der Waals surface area contributed by atoms with Crippen molar-refractivity contribution in [3.63, 3.8) is 0 Å². The van der Waals surface area contributed by atoms with Gasteiger partial charge in [0.05, 0.1) is 19.2 Å². The van der Waals surface area contributed by atoms with Gasteiger partial charge in [0.1, 0.15) is 11.5 Å². The topological polar surface area (TPSA) is 49.8 Å². The second-order valence-corrected chi connectivity index (χ2v) is 3.46. The Morgan fingerprint density at radius 3 is 2.65 bits per heavy atom. The summed E-state index contributed by atoms with van der Waals surface area (Å²) in [5, 5.41) is 9.56. The first kappa shape index (κ1) is 13.2. The lowest BCUT2D eigenvalue weighted by atomic mass is 10.1. The predicted octanol–water partition coefficient (Wildman–Crippen LogP) is 1.74. The lowest BCUT2D eigenvalue weighted by Crippen LogP contribution is -2.31. The zero-order valence-electron chi connectivity index (χ0n) is 9.48. The van der Waals surface area contributed by atoms with Crippen LogP contribution < -0.4 is 4.74 Å². The maximum Gasteiger partial charge on any atom is 0.257 e. The number of aromatic hydroxyl groups is 1. The van der Waals surface area contributed by atoms with E-state index < -0.39 is 18.9 Å². The number of carbonyl (C=O) groups is 1. The first-order valence-electron chi connectivity index (χ1n) is 4.86. The summed E-state index contributed by atoms with van der Waals surface area (Å²) in [6.07, 6.45) is -2.61. The van der Waals surface area contributed by atoms with Crippen molar-refractivity contribution >= 4 is 5.91 Å². The summed E-state index contributed by atoms with van der Waals surface area (Å²) in [6.45, 7) is -0.676. The van der Waals surface area contributed by atoms with Gasteiger partial charge in [0.2, 0.25) is 0 Å². The molecule has 0 aromatic heterocycles. The number of carbonyl (C=O) groups excluding carboxylic acids is 1. The predicted molar refractivity (Wildman–Crippen MR) is 57.6 cm³/mol. The van der Waals surface area contributed by atoms with Crippen LogP contribution >= 0.6 is 0 Å². The van der Waals surface area contributed by atoms with E-state index in [0.29, 0.717) is 5.75 Å². The van der Waals surface area contributed by atoms with E-state index in [1.54, 1.807) is 0 Å². The quantitative estimate of drug-likeness (QED) is 0.879. The maximum absolute atomic E-state index is 12.1. The van der Waals surface area contributed by atoms with E-state index in [1.807, 2.05) is 0 Å². The molecule has 1 aromatic rings. The first-order valence-corrected chi connectivity index (χ1v) is 4.86. The minimum Gasteiger partial charge on any atom is -0.507 e. The van der Waals surface area contributed by atoms with Gasteiger partial charge in [-0.15, -0.1) is 0 Å². The molecule has 0 saturated carbocycles. The first-order chi connectivity index (χ1) is 7.95. The van der Waals surface area contributed by atoms with Crippen molar-refractivity contribution in [1.82, 2.24) is 4.90 Å². The molecule has 0 heterocycles. The molecular weight excluding hydrogens is 232 g/mol. The molecule has 0 fully saturated rings. The number of benzene rings is 1. The van der Waals surface area contributed by atoms with Crippen LogP contribution in [0.25, 0.3) is 0 Å². The fourth-order valence-corrected chi connectivity index (χ4v) is 1.31. The molecule has 0 spiro atoms. The van der Waals surface area contributed by atoms with Crippen molar-refractivity contribution in [2.75, 3.05) is 20.7 Å². The van der Waals surface area contributed by atoms with Gasteiger partial charge in [0.25, 0.3) is 12.3 Å². The summed E-state index contributed by atoms with van der Waals surface area (Å²) in [6, 6.07) is 4.06. The van der Waals surface area contributed by atoms with E-state index in [2.05, 4.69) is 0 Å². The normalized spacial score (nSPS) is 10.4. The Morgan fingerprint density at radius 2 is 2.18 bits per heavy atom. The van der Waals surface area contributed by atoms with Crippen LogP contribution in [0.1, 0.15) is 10.4 Å². The minimum absolute atomic E-state index is 0.0334. The molecule has 0 unspecified atom stereocenters. The molecule has 1 amide bonds. The van der Waals surface area contributed by atoms with Gasteiger partial charge in [-0.25, -0.2) is 8.78 Å². The highest BCUT2D eigenvalue weighted by Gasteiger charge is 2.18. The summed E-state index contributed by atoms with van der Waals surface area (Å²) in [5.74, 6) is -0.573. The highest BCUT2D eigenvalue weighted by atomic mass is 19.3. The van der Waals surface area contributed by atoms with E-state index in [4.69, 9.17) is 4.74 Å². The molecule has 0 saturated heterocycles. The Hall–Kier alpha value is -1.85. The van der Waals surface area contributed by atoms with E-state index in [9.17, 15) is 18.7 Å². The molecule has 0 bridgehead atoms. The van der Waals surface area contributed by atoms with Gasteiger partial charge in [-0.3, -0.25) is 4.79 Å². The van der Waals surface area contributed by atoms with Crippen LogP contribution in [-0.2, 0) is 0 Å². The number of halogens is 2. The lowest BCUT2D eigenvalue weighted by Gasteiger charge is -2.17. The number of methoxy groups -OCH3 is 1. The molecule has 1 rings (SSSR count). The van der Waals surface area contributed by atoms with Crippen LogP contribution in [0.4, 0.5) is 8.78 Å². The molecule has 1 N–H and O–H groups in total. The third-order valence-electron chi connectivity index (χ3n) is 2.19. The van der Waals surface area contributed by atoms with Gasteiger partial charge < -0.3 is 14.7 Å². The Bertz CT molecular complexity index is 410. The van der Waals surface area contributed by atoms with Gasteiger partial charge in [0, 0.05) is 13.1 Å². The second kappa shape index (κ2) is 5.47. The molecule has 6 heteroatoms. The zero-order chi connectivity index (χ0) is 13.0. The number of amides is 1. The number of hydrogen-bond acceptors (Lipinski definition) is 3. The van der Waals surface area contributed by atoms with Gasteiger partial charge in [-0.05, 0) is 12.1 Å². The molecule has 0 atom stereocenters. The second-order valence-electron chi connectivity index (χ2n) is 3.46. The number of hydrogen-bond donors (Lipinski definition) is 1. The van der Waals surface area contributed by atoms with Crippen LogP contribution in [-0.4, -0.2) is 43.0 Å². The molecule has 0 aliphatic heterocycles. The van der Waals surface area contributed by atoms with E-state index >= 15 is 0 Å². The van der Waals surface area contributed by atoms with Crippen molar-refractivity contribution in [1.29, 1.82) is 0 Å². The van der Waals surface area contributed by atoms with Crippen molar-refractivity contribution in [3.8, 4) is 11.5 Å². The Labute approximate surface area is 97.4 Å². The average molecular weight is 245 g/mol. The molecule has 1 aromatic carbocycles. The summed E-state index contributed by atoms with van der Waals surface area (Å²) in [7, 11) is 2.66. The van der Waals surface area contributed by atoms with Crippen LogP contribution in [0.3, 0.4) is 0 Å². The summed E-state index contributed by atoms with van der Waals surface area (Å²) >= 11 is 0. The van der Waals surface area contributed by atoms with E-state index in [-0.39, 0.29) is 11.3 Å². The number of phenolic OH excluding ortho intramolecular Hbond substituents is 1. The molecule has 17 heavy (non-hydrogen) atoms. The Morgan fingerprint density at radius 1 is 1.53 bits per heavy atom. The van der Waals surface area contributed by atoms with Crippen molar-refractivity contribution < 1.29 is 23.4 Å². The average Bonchev–Trinajstić information content (AvgIpc) is 2.27. The van der Waals surface area contributed by atoms with Gasteiger partial charge in [-0.1, -0.05) is 0 Å². The fraction of sp³-hybridized carbons (Fsp3) is 0.364. The monoisotopic (exact) mass is 245 g/mol. The van der Waals surface area contributed by atoms with E-state index in [1.165, 1.54) is 32.4 Å². The highest BCUT2D eigenvalue weighted by molar-refractivity contribution is 5.96. The molecular formula is C11H13F2NO3. The summed E-state index contributed by atoms with van der Waals surface area (Å²) < 4.78 is 29.1. The number of phenols is 1. The van der Waals surface area contributed by atoms with Crippen molar-refractivity contribution in [2.24, 2.45) is 0 Å². The van der Waals surface area contributed by atoms with Gasteiger partial charge in [-0.2, -0.15) is 0 Å². The van der Waals surface area contributed by atoms with Crippen molar-refractivity contribution in [2.45, 2.75) is 6.43 Å². The fourth-order valence-electron chi connectivity index (χ4n) is 1.31. The molecule has 94 valence electrons. The minimum atomic E-state index is -2.61. The SMILES string of the molecule is COc1ccc(C(=O)N(C)CC(F)F)c(O)c1. The molecule has 0 radical (unpaired) electrons. The maximum atomic E-state index is 12.1. The molecule has 4 nitrogen and oxygen atoms in total. The summed E-state index contributed by atoms with van der Waals surface area (Å²) in [5.41, 5.74) is -0.0334. The van der Waals surface area contributed by atoms with Crippen LogP contribution in [0.15, 0.2) is 18.2 Å². The van der Waals surface area contributed by atoms with Crippen molar-refractivity contribution in [3.05, 3.63) is 23.8 Å². The highest BCUT2D eigenvalue weighted by Crippen LogP contribution is 2.24. The molecule has 0 aliphatic carbocycles. The Kier molecular flexibility index (Phi) is 4.25. The third kappa shape index (κ3) is 3.30.